The second kappa shape index (κ2) is 6.96. The van der Waals surface area contributed by atoms with Gasteiger partial charge in [-0.25, -0.2) is 0 Å². The van der Waals surface area contributed by atoms with E-state index in [9.17, 15) is 9.59 Å². The third-order valence-corrected chi connectivity index (χ3v) is 4.71. The molecule has 1 unspecified atom stereocenters. The van der Waals surface area contributed by atoms with Crippen LogP contribution in [0.4, 0.5) is 0 Å². The lowest BCUT2D eigenvalue weighted by Crippen LogP contribution is -2.41. The van der Waals surface area contributed by atoms with E-state index in [2.05, 4.69) is 10.3 Å². The Kier molecular flexibility index (Phi) is 4.35. The maximum atomic E-state index is 12.7. The van der Waals surface area contributed by atoms with E-state index in [-0.39, 0.29) is 11.8 Å². The summed E-state index contributed by atoms with van der Waals surface area (Å²) in [5, 5.41) is 4.61. The Balaban J connectivity index is 1.47. The summed E-state index contributed by atoms with van der Waals surface area (Å²) in [7, 11) is 0. The normalized spacial score (nSPS) is 16.8. The molecule has 0 bridgehead atoms. The van der Waals surface area contributed by atoms with Crippen molar-refractivity contribution in [3.05, 3.63) is 78.1 Å². The Bertz CT molecular complexity index is 950. The number of aromatic nitrogens is 1. The minimum Gasteiger partial charge on any atom is -0.339 e. The molecule has 0 saturated carbocycles. The summed E-state index contributed by atoms with van der Waals surface area (Å²) >= 11 is 0. The van der Waals surface area contributed by atoms with Crippen molar-refractivity contribution in [1.29, 1.82) is 0 Å². The summed E-state index contributed by atoms with van der Waals surface area (Å²) in [6, 6.07) is 18.9. The lowest BCUT2D eigenvalue weighted by Gasteiger charge is -2.17. The molecule has 1 aromatic heterocycles. The zero-order valence-corrected chi connectivity index (χ0v) is 14.3. The van der Waals surface area contributed by atoms with Crippen LogP contribution in [0.5, 0.6) is 0 Å². The van der Waals surface area contributed by atoms with Crippen molar-refractivity contribution < 1.29 is 9.59 Å². The van der Waals surface area contributed by atoms with Crippen LogP contribution in [0.3, 0.4) is 0 Å². The number of carbonyl (C=O) groups excluding carboxylic acids is 2. The third kappa shape index (κ3) is 3.16. The molecule has 2 amide bonds. The van der Waals surface area contributed by atoms with Crippen molar-refractivity contribution in [1.82, 2.24) is 15.2 Å². The summed E-state index contributed by atoms with van der Waals surface area (Å²) in [6.07, 6.45) is 2.23. The first-order chi connectivity index (χ1) is 12.7. The van der Waals surface area contributed by atoms with Gasteiger partial charge >= 0.3 is 0 Å². The fraction of sp³-hybridized carbons (Fsp3) is 0.190. The van der Waals surface area contributed by atoms with Crippen LogP contribution in [0.25, 0.3) is 10.8 Å². The van der Waals surface area contributed by atoms with Crippen molar-refractivity contribution in [2.75, 3.05) is 6.54 Å². The highest BCUT2D eigenvalue weighted by Gasteiger charge is 2.33. The number of nitrogens with one attached hydrogen (secondary N) is 1. The number of carbonyl (C=O) groups is 2. The Labute approximate surface area is 151 Å². The Morgan fingerprint density at radius 1 is 1.08 bits per heavy atom. The molecule has 1 N–H and O–H groups in total. The first-order valence-corrected chi connectivity index (χ1v) is 8.70. The van der Waals surface area contributed by atoms with Gasteiger partial charge in [0.15, 0.2) is 0 Å². The molecule has 130 valence electrons. The van der Waals surface area contributed by atoms with Crippen molar-refractivity contribution >= 4 is 22.6 Å². The van der Waals surface area contributed by atoms with E-state index < -0.39 is 6.04 Å². The van der Waals surface area contributed by atoms with Crippen LogP contribution in [0.2, 0.25) is 0 Å². The largest absolute Gasteiger partial charge is 0.339 e. The van der Waals surface area contributed by atoms with Gasteiger partial charge in [-0.05, 0) is 23.4 Å². The van der Waals surface area contributed by atoms with Crippen molar-refractivity contribution in [2.24, 2.45) is 0 Å². The van der Waals surface area contributed by atoms with E-state index >= 15 is 0 Å². The molecule has 2 aromatic carbocycles. The van der Waals surface area contributed by atoms with E-state index in [1.165, 1.54) is 0 Å². The molecule has 5 nitrogen and oxygen atoms in total. The van der Waals surface area contributed by atoms with Gasteiger partial charge in [-0.1, -0.05) is 54.6 Å². The molecule has 5 heteroatoms. The predicted octanol–water partition coefficient (Wildman–Crippen LogP) is 2.77. The molecule has 1 aliphatic rings. The highest BCUT2D eigenvalue weighted by molar-refractivity contribution is 6.06. The summed E-state index contributed by atoms with van der Waals surface area (Å²) in [6.45, 7) is 1.21. The van der Waals surface area contributed by atoms with E-state index in [1.54, 1.807) is 11.1 Å². The van der Waals surface area contributed by atoms with Gasteiger partial charge in [-0.2, -0.15) is 0 Å². The van der Waals surface area contributed by atoms with Crippen molar-refractivity contribution in [2.45, 2.75) is 19.0 Å². The lowest BCUT2D eigenvalue weighted by molar-refractivity contribution is -0.129. The first kappa shape index (κ1) is 16.3. The molecule has 0 radical (unpaired) electrons. The fourth-order valence-electron chi connectivity index (χ4n) is 3.36. The molecular formula is C21H19N3O2. The first-order valence-electron chi connectivity index (χ1n) is 8.70. The van der Waals surface area contributed by atoms with Gasteiger partial charge in [0.2, 0.25) is 5.91 Å². The smallest absolute Gasteiger partial charge is 0.271 e. The quantitative estimate of drug-likeness (QED) is 0.791. The standard InChI is InChI=1S/C21H19N3O2/c25-20(19-17-9-5-4-8-16(17)10-12-22-19)23-18-11-13-24(21(18)26)14-15-6-2-1-3-7-15/h1-10,12,18H,11,13-14H2,(H,23,25). The highest BCUT2D eigenvalue weighted by atomic mass is 16.2. The second-order valence-corrected chi connectivity index (χ2v) is 6.44. The van der Waals surface area contributed by atoms with Crippen LogP contribution in [0, 0.1) is 0 Å². The van der Waals surface area contributed by atoms with Crippen LogP contribution in [-0.4, -0.2) is 34.3 Å². The van der Waals surface area contributed by atoms with E-state index in [1.807, 2.05) is 60.7 Å². The number of pyridine rings is 1. The van der Waals surface area contributed by atoms with Crippen LogP contribution >= 0.6 is 0 Å². The summed E-state index contributed by atoms with van der Waals surface area (Å²) in [5.74, 6) is -0.343. The fourth-order valence-corrected chi connectivity index (χ4v) is 3.36. The molecular weight excluding hydrogens is 326 g/mol. The number of rotatable bonds is 4. The topological polar surface area (TPSA) is 62.3 Å². The van der Waals surface area contributed by atoms with Gasteiger partial charge in [0, 0.05) is 24.7 Å². The van der Waals surface area contributed by atoms with Crippen LogP contribution < -0.4 is 5.32 Å². The molecule has 1 fully saturated rings. The summed E-state index contributed by atoms with van der Waals surface area (Å²) in [4.78, 5) is 31.3. The monoisotopic (exact) mass is 345 g/mol. The summed E-state index contributed by atoms with van der Waals surface area (Å²) in [5.41, 5.74) is 1.45. The zero-order chi connectivity index (χ0) is 17.9. The molecule has 3 aromatic rings. The Morgan fingerprint density at radius 3 is 2.69 bits per heavy atom. The Morgan fingerprint density at radius 2 is 1.85 bits per heavy atom. The number of hydrogen-bond donors (Lipinski definition) is 1. The van der Waals surface area contributed by atoms with Gasteiger partial charge in [0.05, 0.1) is 0 Å². The number of hydrogen-bond acceptors (Lipinski definition) is 3. The van der Waals surface area contributed by atoms with Gasteiger partial charge in [-0.15, -0.1) is 0 Å². The molecule has 1 saturated heterocycles. The minimum atomic E-state index is -0.494. The number of benzene rings is 2. The van der Waals surface area contributed by atoms with Gasteiger partial charge in [-0.3, -0.25) is 14.6 Å². The maximum Gasteiger partial charge on any atom is 0.271 e. The van der Waals surface area contributed by atoms with Gasteiger partial charge in [0.1, 0.15) is 11.7 Å². The molecule has 0 spiro atoms. The van der Waals surface area contributed by atoms with Gasteiger partial charge in [0.25, 0.3) is 5.91 Å². The lowest BCUT2D eigenvalue weighted by atomic mass is 10.1. The molecule has 1 aliphatic heterocycles. The molecule has 4 rings (SSSR count). The molecule has 26 heavy (non-hydrogen) atoms. The average molecular weight is 345 g/mol. The van der Waals surface area contributed by atoms with E-state index in [4.69, 9.17) is 0 Å². The SMILES string of the molecule is O=C(NC1CCN(Cc2ccccc2)C1=O)c1nccc2ccccc12. The molecule has 1 atom stereocenters. The van der Waals surface area contributed by atoms with Crippen LogP contribution in [0.1, 0.15) is 22.5 Å². The van der Waals surface area contributed by atoms with E-state index in [0.29, 0.717) is 25.2 Å². The number of likely N-dealkylation sites (tertiary alicyclic amines) is 1. The zero-order valence-electron chi connectivity index (χ0n) is 14.3. The predicted molar refractivity (Wildman–Crippen MR) is 99.5 cm³/mol. The molecule has 0 aliphatic carbocycles. The minimum absolute atomic E-state index is 0.0394. The maximum absolute atomic E-state index is 12.7. The van der Waals surface area contributed by atoms with Crippen LogP contribution in [-0.2, 0) is 11.3 Å². The second-order valence-electron chi connectivity index (χ2n) is 6.44. The van der Waals surface area contributed by atoms with Gasteiger partial charge < -0.3 is 10.2 Å². The highest BCUT2D eigenvalue weighted by Crippen LogP contribution is 2.18. The van der Waals surface area contributed by atoms with E-state index in [0.717, 1.165) is 16.3 Å². The third-order valence-electron chi connectivity index (χ3n) is 4.71. The number of nitrogens with zero attached hydrogens (tertiary/aromatic N) is 2. The summed E-state index contributed by atoms with van der Waals surface area (Å²) < 4.78 is 0. The number of amides is 2. The average Bonchev–Trinajstić information content (AvgIpc) is 3.02. The van der Waals surface area contributed by atoms with Crippen LogP contribution in [0.15, 0.2) is 66.9 Å². The Hall–Kier alpha value is -3.21. The molecule has 2 heterocycles. The van der Waals surface area contributed by atoms with Crippen molar-refractivity contribution in [3.63, 3.8) is 0 Å². The van der Waals surface area contributed by atoms with Crippen molar-refractivity contribution in [3.8, 4) is 0 Å². The number of fused-ring (bicyclic) bond motifs is 1.